The van der Waals surface area contributed by atoms with Crippen LogP contribution in [0, 0.1) is 6.92 Å². The summed E-state index contributed by atoms with van der Waals surface area (Å²) in [4.78, 5) is 25.2. The maximum atomic E-state index is 12.2. The number of benzene rings is 1. The SMILES string of the molecule is Cc1cc(OC2CN(C(=O)Cc3ccc(Cl)cc3)C2)cc(=O)o1. The molecule has 1 fully saturated rings. The van der Waals surface area contributed by atoms with Crippen molar-refractivity contribution < 1.29 is 13.9 Å². The molecular weight excluding hydrogens is 318 g/mol. The minimum atomic E-state index is -0.435. The highest BCUT2D eigenvalue weighted by atomic mass is 35.5. The first-order valence-electron chi connectivity index (χ1n) is 7.30. The summed E-state index contributed by atoms with van der Waals surface area (Å²) in [5.41, 5.74) is 0.495. The summed E-state index contributed by atoms with van der Waals surface area (Å²) >= 11 is 5.83. The first-order valence-corrected chi connectivity index (χ1v) is 7.68. The molecule has 0 bridgehead atoms. The maximum absolute atomic E-state index is 12.2. The Morgan fingerprint density at radius 2 is 2.00 bits per heavy atom. The number of aryl methyl sites for hydroxylation is 1. The molecule has 0 saturated carbocycles. The Morgan fingerprint density at radius 1 is 1.30 bits per heavy atom. The number of rotatable bonds is 4. The Balaban J connectivity index is 1.51. The lowest BCUT2D eigenvalue weighted by atomic mass is 10.1. The standard InChI is InChI=1S/C17H16ClNO4/c1-11-6-14(8-17(21)22-11)23-15-9-19(10-15)16(20)7-12-2-4-13(18)5-3-12/h2-6,8,15H,7,9-10H2,1H3. The van der Waals surface area contributed by atoms with Crippen LogP contribution in [0.5, 0.6) is 5.75 Å². The number of ether oxygens (including phenoxy) is 1. The summed E-state index contributed by atoms with van der Waals surface area (Å²) in [7, 11) is 0. The van der Waals surface area contributed by atoms with E-state index in [4.69, 9.17) is 20.8 Å². The third-order valence-corrected chi connectivity index (χ3v) is 3.89. The number of hydrogen-bond acceptors (Lipinski definition) is 4. The smallest absolute Gasteiger partial charge is 0.339 e. The van der Waals surface area contributed by atoms with Crippen LogP contribution in [0.4, 0.5) is 0 Å². The molecule has 3 rings (SSSR count). The van der Waals surface area contributed by atoms with E-state index in [0.29, 0.717) is 36.0 Å². The van der Waals surface area contributed by atoms with Crippen LogP contribution in [0.15, 0.2) is 45.6 Å². The summed E-state index contributed by atoms with van der Waals surface area (Å²) in [5, 5.41) is 0.654. The van der Waals surface area contributed by atoms with Gasteiger partial charge in [-0.05, 0) is 24.6 Å². The Hall–Kier alpha value is -2.27. The zero-order chi connectivity index (χ0) is 16.4. The Morgan fingerprint density at radius 3 is 2.65 bits per heavy atom. The van der Waals surface area contributed by atoms with Crippen LogP contribution in [-0.2, 0) is 11.2 Å². The van der Waals surface area contributed by atoms with Crippen LogP contribution < -0.4 is 10.4 Å². The number of carbonyl (C=O) groups excluding carboxylic acids is 1. The van der Waals surface area contributed by atoms with Gasteiger partial charge in [0.05, 0.1) is 25.6 Å². The Bertz CT molecular complexity index is 763. The lowest BCUT2D eigenvalue weighted by Crippen LogP contribution is -2.56. The van der Waals surface area contributed by atoms with E-state index in [-0.39, 0.29) is 12.0 Å². The van der Waals surface area contributed by atoms with Crippen molar-refractivity contribution in [1.82, 2.24) is 4.90 Å². The van der Waals surface area contributed by atoms with Crippen molar-refractivity contribution in [1.29, 1.82) is 0 Å². The molecule has 2 aromatic rings. The molecule has 1 aromatic heterocycles. The molecule has 1 aliphatic heterocycles. The number of halogens is 1. The van der Waals surface area contributed by atoms with Crippen molar-refractivity contribution in [3.8, 4) is 5.75 Å². The molecule has 0 aliphatic carbocycles. The quantitative estimate of drug-likeness (QED) is 0.862. The summed E-state index contributed by atoms with van der Waals surface area (Å²) < 4.78 is 10.6. The number of carbonyl (C=O) groups is 1. The Labute approximate surface area is 138 Å². The van der Waals surface area contributed by atoms with Crippen molar-refractivity contribution in [3.63, 3.8) is 0 Å². The molecular formula is C17H16ClNO4. The maximum Gasteiger partial charge on any atom is 0.339 e. The largest absolute Gasteiger partial charge is 0.486 e. The van der Waals surface area contributed by atoms with E-state index in [1.54, 1.807) is 30.0 Å². The fraction of sp³-hybridized carbons (Fsp3) is 0.294. The fourth-order valence-corrected chi connectivity index (χ4v) is 2.57. The van der Waals surface area contributed by atoms with Gasteiger partial charge in [0.2, 0.25) is 5.91 Å². The number of likely N-dealkylation sites (tertiary alicyclic amines) is 1. The molecule has 0 N–H and O–H groups in total. The predicted octanol–water partition coefficient (Wildman–Crippen LogP) is 2.43. The van der Waals surface area contributed by atoms with Crippen molar-refractivity contribution in [2.75, 3.05) is 13.1 Å². The third kappa shape index (κ3) is 3.93. The Kier molecular flexibility index (Phi) is 4.39. The van der Waals surface area contributed by atoms with Crippen LogP contribution in [-0.4, -0.2) is 30.0 Å². The highest BCUT2D eigenvalue weighted by Crippen LogP contribution is 2.19. The van der Waals surface area contributed by atoms with E-state index in [1.165, 1.54) is 6.07 Å². The van der Waals surface area contributed by atoms with Gasteiger partial charge in [-0.15, -0.1) is 0 Å². The zero-order valence-corrected chi connectivity index (χ0v) is 13.4. The van der Waals surface area contributed by atoms with E-state index in [0.717, 1.165) is 5.56 Å². The van der Waals surface area contributed by atoms with Crippen molar-refractivity contribution in [2.24, 2.45) is 0 Å². The third-order valence-electron chi connectivity index (χ3n) is 3.64. The van der Waals surface area contributed by atoms with Crippen LogP contribution in [0.25, 0.3) is 0 Å². The second-order valence-electron chi connectivity index (χ2n) is 5.56. The molecule has 0 unspecified atom stereocenters. The van der Waals surface area contributed by atoms with Gasteiger partial charge in [0.15, 0.2) is 0 Å². The molecule has 6 heteroatoms. The number of amides is 1. The van der Waals surface area contributed by atoms with Crippen LogP contribution >= 0.6 is 11.6 Å². The van der Waals surface area contributed by atoms with Gasteiger partial charge >= 0.3 is 5.63 Å². The highest BCUT2D eigenvalue weighted by molar-refractivity contribution is 6.30. The molecule has 1 aliphatic rings. The molecule has 2 heterocycles. The number of hydrogen-bond donors (Lipinski definition) is 0. The molecule has 120 valence electrons. The average molecular weight is 334 g/mol. The second kappa shape index (κ2) is 6.46. The lowest BCUT2D eigenvalue weighted by molar-refractivity contribution is -0.139. The fourth-order valence-electron chi connectivity index (χ4n) is 2.44. The van der Waals surface area contributed by atoms with Gasteiger partial charge in [0.1, 0.15) is 17.6 Å². The molecule has 0 radical (unpaired) electrons. The predicted molar refractivity (Wildman–Crippen MR) is 85.9 cm³/mol. The van der Waals surface area contributed by atoms with Gasteiger partial charge < -0.3 is 14.1 Å². The van der Waals surface area contributed by atoms with Crippen molar-refractivity contribution >= 4 is 17.5 Å². The first kappa shape index (κ1) is 15.6. The van der Waals surface area contributed by atoms with E-state index in [1.807, 2.05) is 12.1 Å². The number of nitrogens with zero attached hydrogens (tertiary/aromatic N) is 1. The van der Waals surface area contributed by atoms with Gasteiger partial charge in [0.25, 0.3) is 0 Å². The van der Waals surface area contributed by atoms with Crippen LogP contribution in [0.1, 0.15) is 11.3 Å². The van der Waals surface area contributed by atoms with E-state index < -0.39 is 5.63 Å². The lowest BCUT2D eigenvalue weighted by Gasteiger charge is -2.39. The topological polar surface area (TPSA) is 59.8 Å². The molecule has 23 heavy (non-hydrogen) atoms. The van der Waals surface area contributed by atoms with Crippen LogP contribution in [0.2, 0.25) is 5.02 Å². The summed E-state index contributed by atoms with van der Waals surface area (Å²) in [6, 6.07) is 10.2. The minimum absolute atomic E-state index is 0.0518. The van der Waals surface area contributed by atoms with E-state index >= 15 is 0 Å². The molecule has 1 amide bonds. The van der Waals surface area contributed by atoms with Gasteiger partial charge in [-0.2, -0.15) is 0 Å². The van der Waals surface area contributed by atoms with Crippen LogP contribution in [0.3, 0.4) is 0 Å². The van der Waals surface area contributed by atoms with Gasteiger partial charge in [-0.3, -0.25) is 4.79 Å². The van der Waals surface area contributed by atoms with Crippen molar-refractivity contribution in [2.45, 2.75) is 19.4 Å². The molecule has 0 spiro atoms. The minimum Gasteiger partial charge on any atom is -0.486 e. The van der Waals surface area contributed by atoms with Gasteiger partial charge in [-0.25, -0.2) is 4.79 Å². The van der Waals surface area contributed by atoms with Gasteiger partial charge in [-0.1, -0.05) is 23.7 Å². The van der Waals surface area contributed by atoms with E-state index in [2.05, 4.69) is 0 Å². The average Bonchev–Trinajstić information content (AvgIpc) is 2.43. The zero-order valence-electron chi connectivity index (χ0n) is 12.6. The normalized spacial score (nSPS) is 14.4. The molecule has 0 atom stereocenters. The summed E-state index contributed by atoms with van der Waals surface area (Å²) in [6.45, 7) is 2.73. The summed E-state index contributed by atoms with van der Waals surface area (Å²) in [5.74, 6) is 1.03. The highest BCUT2D eigenvalue weighted by Gasteiger charge is 2.32. The second-order valence-corrected chi connectivity index (χ2v) is 6.00. The van der Waals surface area contributed by atoms with Gasteiger partial charge in [0, 0.05) is 11.1 Å². The molecule has 5 nitrogen and oxygen atoms in total. The monoisotopic (exact) mass is 333 g/mol. The van der Waals surface area contributed by atoms with E-state index in [9.17, 15) is 9.59 Å². The molecule has 1 saturated heterocycles. The molecule has 1 aromatic carbocycles. The van der Waals surface area contributed by atoms with Crippen molar-refractivity contribution in [3.05, 3.63) is 63.2 Å². The summed E-state index contributed by atoms with van der Waals surface area (Å²) in [6.07, 6.45) is 0.253. The first-order chi connectivity index (χ1) is 11.0.